The Kier molecular flexibility index (Phi) is 5.10. The molecule has 18 heavy (non-hydrogen) atoms. The molecule has 2 rings (SSSR count). The van der Waals surface area contributed by atoms with E-state index in [9.17, 15) is 4.79 Å². The summed E-state index contributed by atoms with van der Waals surface area (Å²) < 4.78 is 0. The van der Waals surface area contributed by atoms with Crippen molar-refractivity contribution in [3.05, 3.63) is 21.3 Å². The second-order valence-corrected chi connectivity index (χ2v) is 6.86. The third-order valence-corrected chi connectivity index (χ3v) is 6.17. The first-order valence-electron chi connectivity index (χ1n) is 6.24. The van der Waals surface area contributed by atoms with Gasteiger partial charge in [-0.1, -0.05) is 46.8 Å². The Hall–Kier alpha value is -0.0600. The molecule has 5 heteroatoms. The van der Waals surface area contributed by atoms with E-state index in [0.29, 0.717) is 9.90 Å². The van der Waals surface area contributed by atoms with Gasteiger partial charge in [0.25, 0.3) is 5.91 Å². The Balaban J connectivity index is 1.94. The number of amides is 1. The summed E-state index contributed by atoms with van der Waals surface area (Å²) >= 11 is 11.0. The van der Waals surface area contributed by atoms with Crippen molar-refractivity contribution in [1.29, 1.82) is 0 Å². The SMILES string of the molecule is O=C(NCC1(CBr)CCCCC1)c1sccc1Cl. The van der Waals surface area contributed by atoms with Crippen LogP contribution in [-0.4, -0.2) is 17.8 Å². The molecule has 1 amide bonds. The summed E-state index contributed by atoms with van der Waals surface area (Å²) in [6.45, 7) is 0.741. The van der Waals surface area contributed by atoms with Crippen LogP contribution in [0.25, 0.3) is 0 Å². The molecule has 1 aromatic rings. The van der Waals surface area contributed by atoms with Gasteiger partial charge in [0.15, 0.2) is 0 Å². The van der Waals surface area contributed by atoms with E-state index in [4.69, 9.17) is 11.6 Å². The lowest BCUT2D eigenvalue weighted by atomic mass is 9.75. The predicted octanol–water partition coefficient (Wildman–Crippen LogP) is 4.48. The Morgan fingerprint density at radius 2 is 2.17 bits per heavy atom. The second-order valence-electron chi connectivity index (χ2n) is 4.97. The minimum Gasteiger partial charge on any atom is -0.351 e. The maximum absolute atomic E-state index is 12.0. The van der Waals surface area contributed by atoms with Crippen molar-refractivity contribution < 1.29 is 4.79 Å². The van der Waals surface area contributed by atoms with Crippen molar-refractivity contribution >= 4 is 44.8 Å². The fourth-order valence-corrected chi connectivity index (χ4v) is 4.28. The van der Waals surface area contributed by atoms with E-state index in [0.717, 1.165) is 11.9 Å². The number of carbonyl (C=O) groups excluding carboxylic acids is 1. The van der Waals surface area contributed by atoms with E-state index in [2.05, 4.69) is 21.2 Å². The molecule has 0 aromatic carbocycles. The molecule has 1 fully saturated rings. The molecule has 1 aliphatic rings. The van der Waals surface area contributed by atoms with Gasteiger partial charge in [-0.05, 0) is 29.7 Å². The van der Waals surface area contributed by atoms with Gasteiger partial charge in [0.1, 0.15) is 4.88 Å². The predicted molar refractivity (Wildman–Crippen MR) is 81.0 cm³/mol. The molecule has 100 valence electrons. The average molecular weight is 351 g/mol. The van der Waals surface area contributed by atoms with Gasteiger partial charge in [0, 0.05) is 11.9 Å². The highest BCUT2D eigenvalue weighted by Gasteiger charge is 2.31. The molecule has 0 radical (unpaired) electrons. The molecule has 0 atom stereocenters. The first-order valence-corrected chi connectivity index (χ1v) is 8.62. The van der Waals surface area contributed by atoms with Crippen LogP contribution in [0.2, 0.25) is 5.02 Å². The van der Waals surface area contributed by atoms with Crippen molar-refractivity contribution in [3.8, 4) is 0 Å². The molecule has 1 N–H and O–H groups in total. The summed E-state index contributed by atoms with van der Waals surface area (Å²) in [6.07, 6.45) is 6.23. The summed E-state index contributed by atoms with van der Waals surface area (Å²) in [6, 6.07) is 1.77. The van der Waals surface area contributed by atoms with Crippen LogP contribution in [-0.2, 0) is 0 Å². The molecule has 1 aliphatic carbocycles. The van der Waals surface area contributed by atoms with Crippen LogP contribution in [0.1, 0.15) is 41.8 Å². The van der Waals surface area contributed by atoms with Gasteiger partial charge in [0.2, 0.25) is 0 Å². The lowest BCUT2D eigenvalue weighted by molar-refractivity contribution is 0.0926. The lowest BCUT2D eigenvalue weighted by Crippen LogP contribution is -2.40. The zero-order chi connectivity index (χ0) is 13.0. The number of hydrogen-bond donors (Lipinski definition) is 1. The highest BCUT2D eigenvalue weighted by atomic mass is 79.9. The summed E-state index contributed by atoms with van der Waals surface area (Å²) in [4.78, 5) is 12.6. The van der Waals surface area contributed by atoms with Crippen LogP contribution in [0.15, 0.2) is 11.4 Å². The van der Waals surface area contributed by atoms with Gasteiger partial charge in [0.05, 0.1) is 5.02 Å². The largest absolute Gasteiger partial charge is 0.351 e. The first kappa shape index (κ1) is 14.4. The minimum absolute atomic E-state index is 0.0408. The van der Waals surface area contributed by atoms with E-state index in [1.165, 1.54) is 43.4 Å². The number of nitrogens with one attached hydrogen (secondary N) is 1. The zero-order valence-electron chi connectivity index (χ0n) is 10.2. The van der Waals surface area contributed by atoms with E-state index >= 15 is 0 Å². The quantitative estimate of drug-likeness (QED) is 0.797. The van der Waals surface area contributed by atoms with Gasteiger partial charge in [-0.2, -0.15) is 0 Å². The third-order valence-electron chi connectivity index (χ3n) is 3.65. The molecular formula is C13H17BrClNOS. The lowest BCUT2D eigenvalue weighted by Gasteiger charge is -2.35. The Morgan fingerprint density at radius 1 is 1.44 bits per heavy atom. The molecule has 0 spiro atoms. The summed E-state index contributed by atoms with van der Waals surface area (Å²) in [5, 5.41) is 6.40. The fourth-order valence-electron chi connectivity index (χ4n) is 2.46. The number of halogens is 2. The van der Waals surface area contributed by atoms with Crippen LogP contribution in [0, 0.1) is 5.41 Å². The molecule has 1 heterocycles. The summed E-state index contributed by atoms with van der Waals surface area (Å²) in [5.41, 5.74) is 0.234. The number of rotatable bonds is 4. The number of thiophene rings is 1. The molecular weight excluding hydrogens is 334 g/mol. The zero-order valence-corrected chi connectivity index (χ0v) is 13.3. The van der Waals surface area contributed by atoms with Crippen molar-refractivity contribution in [3.63, 3.8) is 0 Å². The van der Waals surface area contributed by atoms with Crippen LogP contribution in [0.3, 0.4) is 0 Å². The standard InChI is InChI=1S/C13H17BrClNOS/c14-8-13(5-2-1-3-6-13)9-16-12(17)11-10(15)4-7-18-11/h4,7H,1-3,5-6,8-9H2,(H,16,17). The van der Waals surface area contributed by atoms with Gasteiger partial charge >= 0.3 is 0 Å². The van der Waals surface area contributed by atoms with E-state index in [1.54, 1.807) is 6.07 Å². The molecule has 1 aromatic heterocycles. The van der Waals surface area contributed by atoms with Gasteiger partial charge in [-0.25, -0.2) is 0 Å². The smallest absolute Gasteiger partial charge is 0.262 e. The summed E-state index contributed by atoms with van der Waals surface area (Å²) in [7, 11) is 0. The van der Waals surface area contributed by atoms with Gasteiger partial charge < -0.3 is 5.32 Å². The van der Waals surface area contributed by atoms with Crippen LogP contribution >= 0.6 is 38.9 Å². The Bertz CT molecular complexity index is 415. The Morgan fingerprint density at radius 3 is 2.72 bits per heavy atom. The van der Waals surface area contributed by atoms with Crippen LogP contribution in [0.4, 0.5) is 0 Å². The third kappa shape index (κ3) is 3.28. The van der Waals surface area contributed by atoms with E-state index < -0.39 is 0 Å². The highest BCUT2D eigenvalue weighted by Crippen LogP contribution is 2.37. The van der Waals surface area contributed by atoms with Crippen molar-refractivity contribution in [1.82, 2.24) is 5.32 Å². The summed E-state index contributed by atoms with van der Waals surface area (Å²) in [5.74, 6) is -0.0408. The monoisotopic (exact) mass is 349 g/mol. The fraction of sp³-hybridized carbons (Fsp3) is 0.615. The van der Waals surface area contributed by atoms with Crippen molar-refractivity contribution in [2.45, 2.75) is 32.1 Å². The molecule has 0 saturated heterocycles. The maximum atomic E-state index is 12.0. The second kappa shape index (κ2) is 6.40. The van der Waals surface area contributed by atoms with Crippen LogP contribution < -0.4 is 5.32 Å². The molecule has 1 saturated carbocycles. The van der Waals surface area contributed by atoms with Gasteiger partial charge in [-0.3, -0.25) is 4.79 Å². The van der Waals surface area contributed by atoms with Crippen molar-refractivity contribution in [2.75, 3.05) is 11.9 Å². The Labute approximate surface area is 125 Å². The molecule has 0 bridgehead atoms. The topological polar surface area (TPSA) is 29.1 Å². The first-order chi connectivity index (χ1) is 8.67. The van der Waals surface area contributed by atoms with E-state index in [1.807, 2.05) is 5.38 Å². The van der Waals surface area contributed by atoms with E-state index in [-0.39, 0.29) is 11.3 Å². The molecule has 2 nitrogen and oxygen atoms in total. The molecule has 0 unspecified atom stereocenters. The molecule has 0 aliphatic heterocycles. The normalized spacial score (nSPS) is 18.6. The number of carbonyl (C=O) groups is 1. The minimum atomic E-state index is -0.0408. The number of hydrogen-bond acceptors (Lipinski definition) is 2. The number of alkyl halides is 1. The van der Waals surface area contributed by atoms with Crippen molar-refractivity contribution in [2.24, 2.45) is 5.41 Å². The maximum Gasteiger partial charge on any atom is 0.262 e. The van der Waals surface area contributed by atoms with Crippen LogP contribution in [0.5, 0.6) is 0 Å². The van der Waals surface area contributed by atoms with Gasteiger partial charge in [-0.15, -0.1) is 11.3 Å². The average Bonchev–Trinajstić information content (AvgIpc) is 2.83. The highest BCUT2D eigenvalue weighted by molar-refractivity contribution is 9.09.